The maximum atomic E-state index is 11.6. The van der Waals surface area contributed by atoms with Crippen LogP contribution < -0.4 is 0 Å². The van der Waals surface area contributed by atoms with Crippen molar-refractivity contribution in [2.24, 2.45) is 11.8 Å². The van der Waals surface area contributed by atoms with Crippen molar-refractivity contribution in [3.05, 3.63) is 17.0 Å². The highest BCUT2D eigenvalue weighted by Crippen LogP contribution is 2.61. The predicted molar refractivity (Wildman–Crippen MR) is 53.6 cm³/mol. The monoisotopic (exact) mass is 206 g/mol. The number of aromatic nitrogens is 2. The summed E-state index contributed by atoms with van der Waals surface area (Å²) < 4.78 is 4.99. The van der Waals surface area contributed by atoms with E-state index in [4.69, 9.17) is 4.74 Å². The van der Waals surface area contributed by atoms with Crippen molar-refractivity contribution in [2.75, 3.05) is 6.61 Å². The van der Waals surface area contributed by atoms with Gasteiger partial charge in [-0.25, -0.2) is 4.79 Å². The smallest absolute Gasteiger partial charge is 0.359 e. The van der Waals surface area contributed by atoms with Crippen LogP contribution in [0.2, 0.25) is 0 Å². The van der Waals surface area contributed by atoms with Crippen LogP contribution in [0.3, 0.4) is 0 Å². The van der Waals surface area contributed by atoms with Crippen LogP contribution in [0.25, 0.3) is 0 Å². The van der Waals surface area contributed by atoms with Crippen molar-refractivity contribution in [1.82, 2.24) is 10.2 Å². The van der Waals surface area contributed by atoms with Crippen LogP contribution in [0.1, 0.15) is 41.5 Å². The lowest BCUT2D eigenvalue weighted by atomic mass is 10.1. The van der Waals surface area contributed by atoms with Gasteiger partial charge in [0.1, 0.15) is 0 Å². The Morgan fingerprint density at radius 1 is 1.67 bits per heavy atom. The van der Waals surface area contributed by atoms with E-state index in [1.165, 1.54) is 0 Å². The zero-order valence-corrected chi connectivity index (χ0v) is 8.91. The lowest BCUT2D eigenvalue weighted by Gasteiger charge is -2.01. The Bertz CT molecular complexity index is 424. The molecule has 4 nitrogen and oxygen atoms in total. The van der Waals surface area contributed by atoms with Gasteiger partial charge in [-0.2, -0.15) is 5.10 Å². The molecule has 1 saturated carbocycles. The molecule has 80 valence electrons. The van der Waals surface area contributed by atoms with Crippen molar-refractivity contribution < 1.29 is 9.53 Å². The average Bonchev–Trinajstić information content (AvgIpc) is 2.63. The highest BCUT2D eigenvalue weighted by atomic mass is 16.5. The van der Waals surface area contributed by atoms with E-state index < -0.39 is 0 Å². The van der Waals surface area contributed by atoms with Crippen LogP contribution in [0, 0.1) is 11.8 Å². The molecule has 0 amide bonds. The summed E-state index contributed by atoms with van der Waals surface area (Å²) in [5.74, 6) is 1.72. The van der Waals surface area contributed by atoms with Crippen molar-refractivity contribution in [3.63, 3.8) is 0 Å². The van der Waals surface area contributed by atoms with E-state index in [1.807, 2.05) is 6.92 Å². The molecule has 0 saturated heterocycles. The number of carbonyl (C=O) groups excluding carboxylic acids is 1. The lowest BCUT2D eigenvalue weighted by molar-refractivity contribution is 0.0518. The number of hydrogen-bond donors (Lipinski definition) is 1. The molecule has 2 aliphatic carbocycles. The van der Waals surface area contributed by atoms with Crippen molar-refractivity contribution >= 4 is 5.97 Å². The quantitative estimate of drug-likeness (QED) is 0.746. The normalized spacial score (nSPS) is 30.9. The molecule has 0 unspecified atom stereocenters. The summed E-state index contributed by atoms with van der Waals surface area (Å²) in [6, 6.07) is 0. The molecule has 4 heteroatoms. The second-order valence-corrected chi connectivity index (χ2v) is 4.44. The molecule has 0 aliphatic heterocycles. The minimum atomic E-state index is -0.283. The van der Waals surface area contributed by atoms with Crippen LogP contribution in [0.5, 0.6) is 0 Å². The van der Waals surface area contributed by atoms with Gasteiger partial charge in [-0.1, -0.05) is 6.92 Å². The molecule has 1 heterocycles. The molecule has 3 rings (SSSR count). The van der Waals surface area contributed by atoms with Crippen molar-refractivity contribution in [1.29, 1.82) is 0 Å². The van der Waals surface area contributed by atoms with E-state index in [-0.39, 0.29) is 5.97 Å². The molecule has 0 bridgehead atoms. The van der Waals surface area contributed by atoms with E-state index in [0.29, 0.717) is 24.1 Å². The Morgan fingerprint density at radius 3 is 3.20 bits per heavy atom. The van der Waals surface area contributed by atoms with Gasteiger partial charge in [0.15, 0.2) is 5.69 Å². The molecule has 1 aromatic rings. The van der Waals surface area contributed by atoms with Crippen LogP contribution in [-0.2, 0) is 11.2 Å². The number of esters is 1. The number of ether oxygens (including phenoxy) is 1. The maximum absolute atomic E-state index is 11.6. The molecule has 1 N–H and O–H groups in total. The molecule has 15 heavy (non-hydrogen) atoms. The molecule has 1 fully saturated rings. The first-order chi connectivity index (χ1) is 7.24. The number of nitrogens with one attached hydrogen (secondary N) is 1. The Labute approximate surface area is 88.0 Å². The van der Waals surface area contributed by atoms with Crippen LogP contribution in [-0.4, -0.2) is 22.8 Å². The highest BCUT2D eigenvalue weighted by molar-refractivity contribution is 5.90. The minimum absolute atomic E-state index is 0.283. The standard InChI is InChI=1S/C11H14N2O2/c1-3-15-11(14)10-9-7(12-13-10)4-6-5(2)8(6)9/h5-6,8H,3-4H2,1-2H3,(H,12,13)/t5-,6+,8-/m0/s1. The maximum Gasteiger partial charge on any atom is 0.359 e. The van der Waals surface area contributed by atoms with Gasteiger partial charge < -0.3 is 4.74 Å². The fraction of sp³-hybridized carbons (Fsp3) is 0.636. The zero-order chi connectivity index (χ0) is 10.6. The number of carbonyl (C=O) groups is 1. The second kappa shape index (κ2) is 2.84. The fourth-order valence-electron chi connectivity index (χ4n) is 2.83. The number of aromatic amines is 1. The third kappa shape index (κ3) is 1.07. The summed E-state index contributed by atoms with van der Waals surface area (Å²) in [5.41, 5.74) is 2.79. The Morgan fingerprint density at radius 2 is 2.47 bits per heavy atom. The highest BCUT2D eigenvalue weighted by Gasteiger charge is 2.55. The average molecular weight is 206 g/mol. The number of H-pyrrole nitrogens is 1. The zero-order valence-electron chi connectivity index (χ0n) is 8.91. The van der Waals surface area contributed by atoms with Gasteiger partial charge in [0.25, 0.3) is 0 Å². The largest absolute Gasteiger partial charge is 0.461 e. The van der Waals surface area contributed by atoms with Crippen LogP contribution >= 0.6 is 0 Å². The van der Waals surface area contributed by atoms with E-state index in [9.17, 15) is 4.79 Å². The first-order valence-electron chi connectivity index (χ1n) is 5.48. The van der Waals surface area contributed by atoms with Gasteiger partial charge in [-0.3, -0.25) is 5.10 Å². The molecular weight excluding hydrogens is 192 g/mol. The minimum Gasteiger partial charge on any atom is -0.461 e. The Balaban J connectivity index is 1.95. The van der Waals surface area contributed by atoms with E-state index >= 15 is 0 Å². The van der Waals surface area contributed by atoms with Crippen LogP contribution in [0.15, 0.2) is 0 Å². The first-order valence-corrected chi connectivity index (χ1v) is 5.48. The number of hydrogen-bond acceptors (Lipinski definition) is 3. The summed E-state index contributed by atoms with van der Waals surface area (Å²) in [4.78, 5) is 11.6. The Kier molecular flexibility index (Phi) is 1.69. The molecule has 2 aliphatic rings. The Hall–Kier alpha value is -1.32. The third-order valence-corrected chi connectivity index (χ3v) is 3.69. The van der Waals surface area contributed by atoms with Gasteiger partial charge in [0.05, 0.1) is 6.61 Å². The third-order valence-electron chi connectivity index (χ3n) is 3.69. The number of nitrogens with zero attached hydrogens (tertiary/aromatic N) is 1. The molecule has 3 atom stereocenters. The van der Waals surface area contributed by atoms with Crippen molar-refractivity contribution in [3.8, 4) is 0 Å². The van der Waals surface area contributed by atoms with Gasteiger partial charge in [-0.05, 0) is 31.1 Å². The number of rotatable bonds is 2. The molecule has 0 aromatic carbocycles. The van der Waals surface area contributed by atoms with Gasteiger partial charge in [0, 0.05) is 11.3 Å². The van der Waals surface area contributed by atoms with Gasteiger partial charge >= 0.3 is 5.97 Å². The lowest BCUT2D eigenvalue weighted by Crippen LogP contribution is -2.07. The molecule has 0 radical (unpaired) electrons. The summed E-state index contributed by atoms with van der Waals surface area (Å²) in [7, 11) is 0. The van der Waals surface area contributed by atoms with Gasteiger partial charge in [0.2, 0.25) is 0 Å². The summed E-state index contributed by atoms with van der Waals surface area (Å²) in [6.45, 7) is 4.46. The number of fused-ring (bicyclic) bond motifs is 3. The van der Waals surface area contributed by atoms with Crippen LogP contribution in [0.4, 0.5) is 0 Å². The predicted octanol–water partition coefficient (Wildman–Crippen LogP) is 1.49. The molecule has 1 aromatic heterocycles. The summed E-state index contributed by atoms with van der Waals surface area (Å²) in [6.07, 6.45) is 1.05. The van der Waals surface area contributed by atoms with Gasteiger partial charge in [-0.15, -0.1) is 0 Å². The fourth-order valence-corrected chi connectivity index (χ4v) is 2.83. The SMILES string of the molecule is CCOC(=O)c1n[nH]c2c1[C@H]1[C@@H](C)[C@H]1C2. The second-order valence-electron chi connectivity index (χ2n) is 4.44. The topological polar surface area (TPSA) is 55.0 Å². The van der Waals surface area contributed by atoms with E-state index in [1.54, 1.807) is 0 Å². The molecule has 0 spiro atoms. The van der Waals surface area contributed by atoms with Crippen molar-refractivity contribution in [2.45, 2.75) is 26.2 Å². The van der Waals surface area contributed by atoms with E-state index in [2.05, 4.69) is 17.1 Å². The molecular formula is C11H14N2O2. The first kappa shape index (κ1) is 8.95. The van der Waals surface area contributed by atoms with E-state index in [0.717, 1.165) is 23.6 Å². The summed E-state index contributed by atoms with van der Waals surface area (Å²) in [5, 5.41) is 7.02. The summed E-state index contributed by atoms with van der Waals surface area (Å²) >= 11 is 0.